The van der Waals surface area contributed by atoms with Crippen LogP contribution in [0.25, 0.3) is 0 Å². The fourth-order valence-corrected chi connectivity index (χ4v) is 0.962. The molecule has 1 aliphatic heterocycles. The number of aliphatic hydroxyl groups is 2. The Kier molecular flexibility index (Phi) is 3.94. The van der Waals surface area contributed by atoms with E-state index in [2.05, 4.69) is 0 Å². The van der Waals surface area contributed by atoms with E-state index in [-0.39, 0.29) is 18.8 Å². The minimum absolute atomic E-state index is 0.0173. The second-order valence-electron chi connectivity index (χ2n) is 3.17. The Hall–Kier alpha value is -0.160. The SMILES string of the molecule is CC(CC(O)CO)OCC1CO1. The topological polar surface area (TPSA) is 62.2 Å². The Balaban J connectivity index is 1.97. The zero-order valence-electron chi connectivity index (χ0n) is 7.27. The first-order valence-corrected chi connectivity index (χ1v) is 4.24. The normalized spacial score (nSPS) is 26.8. The van der Waals surface area contributed by atoms with Gasteiger partial charge in [-0.05, 0) is 6.92 Å². The van der Waals surface area contributed by atoms with Crippen molar-refractivity contribution in [2.24, 2.45) is 0 Å². The fraction of sp³-hybridized carbons (Fsp3) is 1.00. The molecule has 0 aromatic rings. The van der Waals surface area contributed by atoms with Gasteiger partial charge in [0.05, 0.1) is 32.0 Å². The highest BCUT2D eigenvalue weighted by Gasteiger charge is 2.23. The first kappa shape index (κ1) is 9.92. The molecule has 0 amide bonds. The third-order valence-electron chi connectivity index (χ3n) is 1.78. The molecule has 3 unspecified atom stereocenters. The summed E-state index contributed by atoms with van der Waals surface area (Å²) in [6, 6.07) is 0. The van der Waals surface area contributed by atoms with E-state index >= 15 is 0 Å². The maximum atomic E-state index is 9.05. The van der Waals surface area contributed by atoms with Crippen LogP contribution >= 0.6 is 0 Å². The number of ether oxygens (including phenoxy) is 2. The average Bonchev–Trinajstić information content (AvgIpc) is 2.83. The summed E-state index contributed by atoms with van der Waals surface area (Å²) in [5, 5.41) is 17.6. The van der Waals surface area contributed by atoms with Crippen LogP contribution in [0.15, 0.2) is 0 Å². The molecule has 12 heavy (non-hydrogen) atoms. The minimum atomic E-state index is -0.667. The molecule has 4 heteroatoms. The van der Waals surface area contributed by atoms with Crippen LogP contribution in [0.5, 0.6) is 0 Å². The number of epoxide rings is 1. The van der Waals surface area contributed by atoms with E-state index in [1.54, 1.807) is 0 Å². The zero-order chi connectivity index (χ0) is 8.97. The Bertz CT molecular complexity index is 124. The summed E-state index contributed by atoms with van der Waals surface area (Å²) in [4.78, 5) is 0. The first-order chi connectivity index (χ1) is 5.72. The number of rotatable bonds is 6. The molecule has 1 saturated heterocycles. The van der Waals surface area contributed by atoms with Crippen LogP contribution in [0, 0.1) is 0 Å². The second kappa shape index (κ2) is 4.77. The molecule has 72 valence electrons. The van der Waals surface area contributed by atoms with Crippen molar-refractivity contribution in [2.45, 2.75) is 31.7 Å². The lowest BCUT2D eigenvalue weighted by Crippen LogP contribution is -2.22. The number of hydrogen-bond donors (Lipinski definition) is 2. The first-order valence-electron chi connectivity index (χ1n) is 4.24. The molecule has 3 atom stereocenters. The molecule has 1 fully saturated rings. The molecule has 1 aliphatic rings. The Morgan fingerprint density at radius 3 is 2.83 bits per heavy atom. The van der Waals surface area contributed by atoms with Gasteiger partial charge in [0.2, 0.25) is 0 Å². The summed E-state index contributed by atoms with van der Waals surface area (Å²) >= 11 is 0. The van der Waals surface area contributed by atoms with E-state index in [0.717, 1.165) is 6.61 Å². The molecule has 0 radical (unpaired) electrons. The molecule has 1 rings (SSSR count). The largest absolute Gasteiger partial charge is 0.394 e. The Labute approximate surface area is 72.1 Å². The van der Waals surface area contributed by atoms with E-state index in [4.69, 9.17) is 19.7 Å². The van der Waals surface area contributed by atoms with E-state index in [1.807, 2.05) is 6.92 Å². The van der Waals surface area contributed by atoms with Crippen LogP contribution in [0.4, 0.5) is 0 Å². The maximum absolute atomic E-state index is 9.05. The molecular weight excluding hydrogens is 160 g/mol. The third kappa shape index (κ3) is 4.01. The third-order valence-corrected chi connectivity index (χ3v) is 1.78. The van der Waals surface area contributed by atoms with Crippen molar-refractivity contribution in [3.63, 3.8) is 0 Å². The quantitative estimate of drug-likeness (QED) is 0.537. The predicted molar refractivity (Wildman–Crippen MR) is 42.9 cm³/mol. The summed E-state index contributed by atoms with van der Waals surface area (Å²) in [6.45, 7) is 3.06. The summed E-state index contributed by atoms with van der Waals surface area (Å²) in [5.41, 5.74) is 0. The molecule has 0 bridgehead atoms. The predicted octanol–water partition coefficient (Wildman–Crippen LogP) is -0.466. The Morgan fingerprint density at radius 2 is 2.33 bits per heavy atom. The van der Waals surface area contributed by atoms with E-state index in [9.17, 15) is 0 Å². The highest BCUT2D eigenvalue weighted by molar-refractivity contribution is 4.69. The van der Waals surface area contributed by atoms with Crippen LogP contribution in [0.2, 0.25) is 0 Å². The van der Waals surface area contributed by atoms with Crippen molar-refractivity contribution >= 4 is 0 Å². The van der Waals surface area contributed by atoms with Gasteiger partial charge in [-0.1, -0.05) is 0 Å². The molecular formula is C8H16O4. The lowest BCUT2D eigenvalue weighted by molar-refractivity contribution is 0.00147. The molecule has 0 aromatic heterocycles. The lowest BCUT2D eigenvalue weighted by atomic mass is 10.2. The van der Waals surface area contributed by atoms with Gasteiger partial charge in [-0.2, -0.15) is 0 Å². The van der Waals surface area contributed by atoms with Crippen molar-refractivity contribution in [1.29, 1.82) is 0 Å². The Morgan fingerprint density at radius 1 is 1.67 bits per heavy atom. The van der Waals surface area contributed by atoms with Crippen molar-refractivity contribution in [3.05, 3.63) is 0 Å². The zero-order valence-corrected chi connectivity index (χ0v) is 7.27. The highest BCUT2D eigenvalue weighted by Crippen LogP contribution is 2.11. The van der Waals surface area contributed by atoms with Crippen molar-refractivity contribution in [2.75, 3.05) is 19.8 Å². The fourth-order valence-electron chi connectivity index (χ4n) is 0.962. The second-order valence-corrected chi connectivity index (χ2v) is 3.17. The van der Waals surface area contributed by atoms with Crippen LogP contribution in [-0.2, 0) is 9.47 Å². The number of aliphatic hydroxyl groups excluding tert-OH is 2. The average molecular weight is 176 g/mol. The number of hydrogen-bond acceptors (Lipinski definition) is 4. The summed E-state index contributed by atoms with van der Waals surface area (Å²) in [6.07, 6.45) is 0.0543. The standard InChI is InChI=1S/C8H16O4/c1-6(2-7(10)3-9)11-4-8-5-12-8/h6-10H,2-5H2,1H3. The lowest BCUT2D eigenvalue weighted by Gasteiger charge is -2.14. The van der Waals surface area contributed by atoms with Crippen LogP contribution < -0.4 is 0 Å². The minimum Gasteiger partial charge on any atom is -0.394 e. The molecule has 0 aliphatic carbocycles. The van der Waals surface area contributed by atoms with Gasteiger partial charge < -0.3 is 19.7 Å². The van der Waals surface area contributed by atoms with E-state index in [1.165, 1.54) is 0 Å². The molecule has 0 saturated carbocycles. The smallest absolute Gasteiger partial charge is 0.104 e. The van der Waals surface area contributed by atoms with Crippen molar-refractivity contribution in [3.8, 4) is 0 Å². The summed E-state index contributed by atoms with van der Waals surface area (Å²) < 4.78 is 10.3. The molecule has 0 aromatic carbocycles. The van der Waals surface area contributed by atoms with Gasteiger partial charge >= 0.3 is 0 Å². The maximum Gasteiger partial charge on any atom is 0.104 e. The molecule has 0 spiro atoms. The van der Waals surface area contributed by atoms with Gasteiger partial charge in [0.25, 0.3) is 0 Å². The summed E-state index contributed by atoms with van der Waals surface area (Å²) in [5.74, 6) is 0. The highest BCUT2D eigenvalue weighted by atomic mass is 16.6. The molecule has 2 N–H and O–H groups in total. The van der Waals surface area contributed by atoms with Crippen LogP contribution in [-0.4, -0.2) is 48.3 Å². The van der Waals surface area contributed by atoms with E-state index in [0.29, 0.717) is 13.0 Å². The summed E-state index contributed by atoms with van der Waals surface area (Å²) in [7, 11) is 0. The van der Waals surface area contributed by atoms with Crippen molar-refractivity contribution < 1.29 is 19.7 Å². The monoisotopic (exact) mass is 176 g/mol. The van der Waals surface area contributed by atoms with Gasteiger partial charge in [0.1, 0.15) is 6.10 Å². The van der Waals surface area contributed by atoms with E-state index < -0.39 is 6.10 Å². The van der Waals surface area contributed by atoms with Crippen molar-refractivity contribution in [1.82, 2.24) is 0 Å². The van der Waals surface area contributed by atoms with Gasteiger partial charge in [-0.25, -0.2) is 0 Å². The van der Waals surface area contributed by atoms with Gasteiger partial charge in [0.15, 0.2) is 0 Å². The van der Waals surface area contributed by atoms with Gasteiger partial charge in [-0.15, -0.1) is 0 Å². The van der Waals surface area contributed by atoms with Gasteiger partial charge in [0, 0.05) is 6.42 Å². The van der Waals surface area contributed by atoms with Crippen LogP contribution in [0.3, 0.4) is 0 Å². The molecule has 1 heterocycles. The molecule has 4 nitrogen and oxygen atoms in total. The van der Waals surface area contributed by atoms with Gasteiger partial charge in [-0.3, -0.25) is 0 Å². The van der Waals surface area contributed by atoms with Crippen LogP contribution in [0.1, 0.15) is 13.3 Å².